The Balaban J connectivity index is 1.51. The highest BCUT2D eigenvalue weighted by atomic mass is 16.5. The minimum atomic E-state index is -0.106. The Morgan fingerprint density at radius 2 is 1.96 bits per heavy atom. The molecule has 2 N–H and O–H groups in total. The SMILES string of the molecule is Cc1cccc(COc2ccc(C(C)NCC3(CO)COC3)cc2)c1. The molecule has 4 nitrogen and oxygen atoms in total. The van der Waals surface area contributed by atoms with Crippen LogP contribution in [0.3, 0.4) is 0 Å². The summed E-state index contributed by atoms with van der Waals surface area (Å²) in [5.41, 5.74) is 3.52. The minimum Gasteiger partial charge on any atom is -0.489 e. The first kappa shape index (κ1) is 17.9. The van der Waals surface area contributed by atoms with Gasteiger partial charge in [0, 0.05) is 12.6 Å². The molecule has 0 radical (unpaired) electrons. The standard InChI is InChI=1S/C21H27NO3/c1-16-4-3-5-18(10-16)11-25-20-8-6-19(7-9-20)17(2)22-12-21(13-23)14-24-15-21/h3-10,17,22-23H,11-15H2,1-2H3. The minimum absolute atomic E-state index is 0.106. The van der Waals surface area contributed by atoms with Crippen molar-refractivity contribution in [3.63, 3.8) is 0 Å². The largest absolute Gasteiger partial charge is 0.489 e. The van der Waals surface area contributed by atoms with E-state index in [0.29, 0.717) is 19.8 Å². The molecule has 0 aromatic heterocycles. The van der Waals surface area contributed by atoms with Crippen molar-refractivity contribution in [2.75, 3.05) is 26.4 Å². The predicted molar refractivity (Wildman–Crippen MR) is 98.7 cm³/mol. The van der Waals surface area contributed by atoms with Crippen LogP contribution in [0, 0.1) is 12.3 Å². The second kappa shape index (κ2) is 8.00. The fourth-order valence-electron chi connectivity index (χ4n) is 2.95. The molecule has 0 amide bonds. The van der Waals surface area contributed by atoms with Crippen molar-refractivity contribution >= 4 is 0 Å². The average molecular weight is 341 g/mol. The molecule has 1 aliphatic rings. The van der Waals surface area contributed by atoms with Gasteiger partial charge in [-0.05, 0) is 37.1 Å². The molecule has 1 fully saturated rings. The quantitative estimate of drug-likeness (QED) is 0.774. The molecule has 4 heteroatoms. The molecule has 0 bridgehead atoms. The van der Waals surface area contributed by atoms with E-state index in [1.165, 1.54) is 16.7 Å². The lowest BCUT2D eigenvalue weighted by Gasteiger charge is -2.40. The van der Waals surface area contributed by atoms with Crippen LogP contribution >= 0.6 is 0 Å². The molecule has 1 unspecified atom stereocenters. The number of nitrogens with one attached hydrogen (secondary N) is 1. The van der Waals surface area contributed by atoms with Gasteiger partial charge in [-0.3, -0.25) is 0 Å². The van der Waals surface area contributed by atoms with Gasteiger partial charge in [-0.15, -0.1) is 0 Å². The summed E-state index contributed by atoms with van der Waals surface area (Å²) in [6, 6.07) is 16.8. The fraction of sp³-hybridized carbons (Fsp3) is 0.429. The molecule has 2 aromatic rings. The lowest BCUT2D eigenvalue weighted by molar-refractivity contribution is -0.135. The molecule has 1 saturated heterocycles. The highest BCUT2D eigenvalue weighted by Gasteiger charge is 2.37. The Kier molecular flexibility index (Phi) is 5.74. The number of aliphatic hydroxyl groups is 1. The van der Waals surface area contributed by atoms with Crippen molar-refractivity contribution in [1.82, 2.24) is 5.32 Å². The number of aryl methyl sites for hydroxylation is 1. The van der Waals surface area contributed by atoms with Crippen molar-refractivity contribution < 1.29 is 14.6 Å². The molecule has 25 heavy (non-hydrogen) atoms. The smallest absolute Gasteiger partial charge is 0.119 e. The maximum Gasteiger partial charge on any atom is 0.119 e. The third-order valence-electron chi connectivity index (χ3n) is 4.80. The first-order valence-electron chi connectivity index (χ1n) is 8.81. The molecule has 134 valence electrons. The molecule has 1 heterocycles. The maximum atomic E-state index is 9.49. The molecule has 2 aromatic carbocycles. The predicted octanol–water partition coefficient (Wildman–Crippen LogP) is 3.23. The number of hydrogen-bond donors (Lipinski definition) is 2. The second-order valence-corrected chi connectivity index (χ2v) is 7.10. The van der Waals surface area contributed by atoms with Gasteiger partial charge in [-0.2, -0.15) is 0 Å². The van der Waals surface area contributed by atoms with Crippen molar-refractivity contribution in [1.29, 1.82) is 0 Å². The zero-order chi connectivity index (χ0) is 17.7. The maximum absolute atomic E-state index is 9.49. The fourth-order valence-corrected chi connectivity index (χ4v) is 2.95. The van der Waals surface area contributed by atoms with Crippen LogP contribution in [0.4, 0.5) is 0 Å². The van der Waals surface area contributed by atoms with Crippen molar-refractivity contribution in [2.24, 2.45) is 5.41 Å². The molecule has 0 spiro atoms. The van der Waals surface area contributed by atoms with Gasteiger partial charge in [0.15, 0.2) is 0 Å². The van der Waals surface area contributed by atoms with Gasteiger partial charge in [-0.1, -0.05) is 42.0 Å². The van der Waals surface area contributed by atoms with Gasteiger partial charge in [0.1, 0.15) is 12.4 Å². The summed E-state index contributed by atoms with van der Waals surface area (Å²) in [7, 11) is 0. The molecular formula is C21H27NO3. The summed E-state index contributed by atoms with van der Waals surface area (Å²) in [5.74, 6) is 0.872. The monoisotopic (exact) mass is 341 g/mol. The van der Waals surface area contributed by atoms with E-state index >= 15 is 0 Å². The van der Waals surface area contributed by atoms with E-state index < -0.39 is 0 Å². The van der Waals surface area contributed by atoms with Gasteiger partial charge >= 0.3 is 0 Å². The Morgan fingerprint density at radius 1 is 1.20 bits per heavy atom. The number of hydrogen-bond acceptors (Lipinski definition) is 4. The van der Waals surface area contributed by atoms with E-state index in [1.54, 1.807) is 0 Å². The van der Waals surface area contributed by atoms with E-state index in [1.807, 2.05) is 12.1 Å². The first-order valence-corrected chi connectivity index (χ1v) is 8.81. The van der Waals surface area contributed by atoms with Crippen LogP contribution < -0.4 is 10.1 Å². The van der Waals surface area contributed by atoms with Crippen molar-refractivity contribution in [3.05, 3.63) is 65.2 Å². The van der Waals surface area contributed by atoms with Gasteiger partial charge in [-0.25, -0.2) is 0 Å². The van der Waals surface area contributed by atoms with Crippen LogP contribution in [0.2, 0.25) is 0 Å². The topological polar surface area (TPSA) is 50.7 Å². The van der Waals surface area contributed by atoms with Crippen LogP contribution in [-0.4, -0.2) is 31.5 Å². The lowest BCUT2D eigenvalue weighted by atomic mass is 9.86. The third kappa shape index (κ3) is 4.60. The van der Waals surface area contributed by atoms with Crippen molar-refractivity contribution in [2.45, 2.75) is 26.5 Å². The summed E-state index contributed by atoms with van der Waals surface area (Å²) in [6.45, 7) is 6.99. The molecule has 0 saturated carbocycles. The highest BCUT2D eigenvalue weighted by molar-refractivity contribution is 5.29. The highest BCUT2D eigenvalue weighted by Crippen LogP contribution is 2.27. The van der Waals surface area contributed by atoms with Crippen LogP contribution in [-0.2, 0) is 11.3 Å². The summed E-state index contributed by atoms with van der Waals surface area (Å²) < 4.78 is 11.1. The molecule has 1 aliphatic heterocycles. The molecule has 1 atom stereocenters. The van der Waals surface area contributed by atoms with Gasteiger partial charge in [0.2, 0.25) is 0 Å². The Bertz CT molecular complexity index is 674. The second-order valence-electron chi connectivity index (χ2n) is 7.10. The zero-order valence-electron chi connectivity index (χ0n) is 15.0. The van der Waals surface area contributed by atoms with Gasteiger partial charge < -0.3 is 19.9 Å². The molecular weight excluding hydrogens is 314 g/mol. The average Bonchev–Trinajstić information content (AvgIpc) is 2.60. The Morgan fingerprint density at radius 3 is 2.56 bits per heavy atom. The van der Waals surface area contributed by atoms with E-state index in [9.17, 15) is 5.11 Å². The van der Waals surface area contributed by atoms with Gasteiger partial charge in [0.05, 0.1) is 25.2 Å². The summed E-state index contributed by atoms with van der Waals surface area (Å²) in [4.78, 5) is 0. The number of aliphatic hydroxyl groups excluding tert-OH is 1. The number of benzene rings is 2. The summed E-state index contributed by atoms with van der Waals surface area (Å²) in [6.07, 6.45) is 0. The summed E-state index contributed by atoms with van der Waals surface area (Å²) >= 11 is 0. The number of rotatable bonds is 8. The molecule has 0 aliphatic carbocycles. The van der Waals surface area contributed by atoms with E-state index in [-0.39, 0.29) is 18.1 Å². The Labute approximate surface area is 149 Å². The normalized spacial score (nSPS) is 16.9. The van der Waals surface area contributed by atoms with Gasteiger partial charge in [0.25, 0.3) is 0 Å². The van der Waals surface area contributed by atoms with Crippen molar-refractivity contribution in [3.8, 4) is 5.75 Å². The third-order valence-corrected chi connectivity index (χ3v) is 4.80. The summed E-state index contributed by atoms with van der Waals surface area (Å²) in [5, 5.41) is 13.0. The van der Waals surface area contributed by atoms with Crippen LogP contribution in [0.5, 0.6) is 5.75 Å². The number of ether oxygens (including phenoxy) is 2. The van der Waals surface area contributed by atoms with E-state index in [4.69, 9.17) is 9.47 Å². The Hall–Kier alpha value is -1.88. The lowest BCUT2D eigenvalue weighted by Crippen LogP contribution is -2.52. The van der Waals surface area contributed by atoms with E-state index in [2.05, 4.69) is 55.6 Å². The molecule has 3 rings (SSSR count). The first-order chi connectivity index (χ1) is 12.1. The zero-order valence-corrected chi connectivity index (χ0v) is 15.0. The van der Waals surface area contributed by atoms with Crippen LogP contribution in [0.25, 0.3) is 0 Å². The van der Waals surface area contributed by atoms with E-state index in [0.717, 1.165) is 12.3 Å². The van der Waals surface area contributed by atoms with Crippen LogP contribution in [0.1, 0.15) is 29.7 Å². The van der Waals surface area contributed by atoms with Crippen LogP contribution in [0.15, 0.2) is 48.5 Å².